The summed E-state index contributed by atoms with van der Waals surface area (Å²) < 4.78 is 0. The first kappa shape index (κ1) is 12.8. The molecule has 5 heteroatoms. The number of para-hydroxylation sites is 2. The van der Waals surface area contributed by atoms with Crippen molar-refractivity contribution in [2.75, 3.05) is 18.5 Å². The summed E-state index contributed by atoms with van der Waals surface area (Å²) >= 11 is 0. The number of nitrogens with zero attached hydrogens (tertiary/aromatic N) is 1. The van der Waals surface area contributed by atoms with Gasteiger partial charge >= 0.3 is 0 Å². The summed E-state index contributed by atoms with van der Waals surface area (Å²) in [4.78, 5) is 10.5. The summed E-state index contributed by atoms with van der Waals surface area (Å²) in [6, 6.07) is 6.68. The lowest BCUT2D eigenvalue weighted by molar-refractivity contribution is -0.384. The van der Waals surface area contributed by atoms with Crippen molar-refractivity contribution >= 4 is 11.4 Å². The molecule has 1 aliphatic carbocycles. The first-order chi connectivity index (χ1) is 8.67. The van der Waals surface area contributed by atoms with Crippen molar-refractivity contribution in [3.63, 3.8) is 0 Å². The van der Waals surface area contributed by atoms with Crippen molar-refractivity contribution in [3.05, 3.63) is 34.4 Å². The molecule has 0 unspecified atom stereocenters. The van der Waals surface area contributed by atoms with E-state index in [9.17, 15) is 10.1 Å². The van der Waals surface area contributed by atoms with Crippen LogP contribution in [-0.4, -0.2) is 23.2 Å². The molecule has 1 saturated carbocycles. The molecule has 0 heterocycles. The molecule has 0 radical (unpaired) electrons. The van der Waals surface area contributed by atoms with Gasteiger partial charge in [-0.3, -0.25) is 10.1 Å². The highest BCUT2D eigenvalue weighted by Crippen LogP contribution is 2.44. The molecule has 2 N–H and O–H groups in total. The van der Waals surface area contributed by atoms with Gasteiger partial charge in [-0.15, -0.1) is 0 Å². The molecule has 1 aromatic carbocycles. The van der Waals surface area contributed by atoms with Crippen LogP contribution < -0.4 is 5.32 Å². The fraction of sp³-hybridized carbons (Fsp3) is 0.538. The van der Waals surface area contributed by atoms with Crippen LogP contribution in [0.4, 0.5) is 11.4 Å². The fourth-order valence-electron chi connectivity index (χ4n) is 2.49. The summed E-state index contributed by atoms with van der Waals surface area (Å²) in [6.45, 7) is 0.872. The third-order valence-electron chi connectivity index (χ3n) is 3.81. The third kappa shape index (κ3) is 2.61. The Morgan fingerprint density at radius 3 is 2.67 bits per heavy atom. The summed E-state index contributed by atoms with van der Waals surface area (Å²) in [5.74, 6) is 0. The van der Waals surface area contributed by atoms with Gasteiger partial charge in [0.1, 0.15) is 5.69 Å². The van der Waals surface area contributed by atoms with E-state index in [-0.39, 0.29) is 22.6 Å². The Morgan fingerprint density at radius 2 is 2.11 bits per heavy atom. The van der Waals surface area contributed by atoms with Crippen molar-refractivity contribution in [2.45, 2.75) is 25.7 Å². The van der Waals surface area contributed by atoms with E-state index in [1.54, 1.807) is 18.2 Å². The van der Waals surface area contributed by atoms with Gasteiger partial charge in [0, 0.05) is 19.2 Å². The van der Waals surface area contributed by atoms with Crippen LogP contribution in [0.1, 0.15) is 25.7 Å². The molecule has 1 aromatic rings. The molecule has 0 atom stereocenters. The van der Waals surface area contributed by atoms with Gasteiger partial charge in [-0.25, -0.2) is 0 Å². The minimum absolute atomic E-state index is 0.107. The van der Waals surface area contributed by atoms with Gasteiger partial charge in [0.05, 0.1) is 4.92 Å². The van der Waals surface area contributed by atoms with Crippen LogP contribution in [0.5, 0.6) is 0 Å². The monoisotopic (exact) mass is 250 g/mol. The zero-order valence-electron chi connectivity index (χ0n) is 10.3. The van der Waals surface area contributed by atoms with Gasteiger partial charge in [-0.2, -0.15) is 0 Å². The Kier molecular flexibility index (Phi) is 3.81. The van der Waals surface area contributed by atoms with E-state index in [0.717, 1.165) is 19.3 Å². The zero-order valence-corrected chi connectivity index (χ0v) is 10.3. The zero-order chi connectivity index (χ0) is 13.0. The van der Waals surface area contributed by atoms with Gasteiger partial charge in [-0.1, -0.05) is 18.6 Å². The standard InChI is InChI=1S/C13H18N2O3/c16-9-8-13(6-3-7-13)10-14-11-4-1-2-5-12(11)15(17)18/h1-2,4-5,14,16H,3,6-10H2. The molecule has 0 aliphatic heterocycles. The minimum atomic E-state index is -0.373. The lowest BCUT2D eigenvalue weighted by atomic mass is 9.67. The van der Waals surface area contributed by atoms with Gasteiger partial charge in [0.15, 0.2) is 0 Å². The van der Waals surface area contributed by atoms with Crippen LogP contribution >= 0.6 is 0 Å². The van der Waals surface area contributed by atoms with Gasteiger partial charge in [0.2, 0.25) is 0 Å². The van der Waals surface area contributed by atoms with E-state index < -0.39 is 0 Å². The van der Waals surface area contributed by atoms with Crippen molar-refractivity contribution in [3.8, 4) is 0 Å². The largest absolute Gasteiger partial charge is 0.396 e. The van der Waals surface area contributed by atoms with Gasteiger partial charge in [0.25, 0.3) is 5.69 Å². The summed E-state index contributed by atoms with van der Waals surface area (Å²) in [5, 5.41) is 23.1. The van der Waals surface area contributed by atoms with E-state index in [1.807, 2.05) is 0 Å². The highest BCUT2D eigenvalue weighted by molar-refractivity contribution is 5.61. The molecule has 0 spiro atoms. The predicted octanol–water partition coefficient (Wildman–Crippen LogP) is 2.56. The van der Waals surface area contributed by atoms with Crippen LogP contribution in [0, 0.1) is 15.5 Å². The van der Waals surface area contributed by atoms with Crippen LogP contribution in [0.3, 0.4) is 0 Å². The molecule has 0 saturated heterocycles. The Bertz CT molecular complexity index is 430. The molecular weight excluding hydrogens is 232 g/mol. The average molecular weight is 250 g/mol. The summed E-state index contributed by atoms with van der Waals surface area (Å²) in [7, 11) is 0. The lowest BCUT2D eigenvalue weighted by Gasteiger charge is -2.42. The summed E-state index contributed by atoms with van der Waals surface area (Å²) in [6.07, 6.45) is 4.11. The van der Waals surface area contributed by atoms with Gasteiger partial charge in [-0.05, 0) is 30.7 Å². The van der Waals surface area contributed by atoms with Crippen LogP contribution in [0.25, 0.3) is 0 Å². The quantitative estimate of drug-likeness (QED) is 0.601. The second-order valence-electron chi connectivity index (χ2n) is 4.95. The fourth-order valence-corrected chi connectivity index (χ4v) is 2.49. The maximum Gasteiger partial charge on any atom is 0.292 e. The number of anilines is 1. The molecule has 1 aliphatic rings. The Morgan fingerprint density at radius 1 is 1.39 bits per heavy atom. The van der Waals surface area contributed by atoms with E-state index in [4.69, 9.17) is 5.11 Å². The van der Waals surface area contributed by atoms with E-state index in [0.29, 0.717) is 12.2 Å². The molecule has 98 valence electrons. The molecule has 0 bridgehead atoms. The highest BCUT2D eigenvalue weighted by atomic mass is 16.6. The van der Waals surface area contributed by atoms with Crippen molar-refractivity contribution in [2.24, 2.45) is 5.41 Å². The highest BCUT2D eigenvalue weighted by Gasteiger charge is 2.36. The van der Waals surface area contributed by atoms with Crippen molar-refractivity contribution in [1.82, 2.24) is 0 Å². The number of nitrogens with one attached hydrogen (secondary N) is 1. The number of rotatable bonds is 6. The van der Waals surface area contributed by atoms with Crippen LogP contribution in [-0.2, 0) is 0 Å². The second kappa shape index (κ2) is 5.35. The van der Waals surface area contributed by atoms with Crippen molar-refractivity contribution in [1.29, 1.82) is 0 Å². The third-order valence-corrected chi connectivity index (χ3v) is 3.81. The molecule has 0 amide bonds. The van der Waals surface area contributed by atoms with E-state index in [2.05, 4.69) is 5.32 Å². The molecule has 5 nitrogen and oxygen atoms in total. The van der Waals surface area contributed by atoms with Crippen LogP contribution in [0.2, 0.25) is 0 Å². The number of hydrogen-bond acceptors (Lipinski definition) is 4. The molecule has 1 fully saturated rings. The topological polar surface area (TPSA) is 75.4 Å². The van der Waals surface area contributed by atoms with Crippen molar-refractivity contribution < 1.29 is 10.0 Å². The number of benzene rings is 1. The Balaban J connectivity index is 2.03. The number of hydrogen-bond donors (Lipinski definition) is 2. The Hall–Kier alpha value is -1.62. The average Bonchev–Trinajstić information content (AvgIpc) is 2.32. The first-order valence-electron chi connectivity index (χ1n) is 6.25. The number of aliphatic hydroxyl groups is 1. The smallest absolute Gasteiger partial charge is 0.292 e. The van der Waals surface area contributed by atoms with Crippen LogP contribution in [0.15, 0.2) is 24.3 Å². The number of aliphatic hydroxyl groups excluding tert-OH is 1. The molecule has 0 aromatic heterocycles. The van der Waals surface area contributed by atoms with E-state index in [1.165, 1.54) is 12.5 Å². The molecule has 2 rings (SSSR count). The molecule has 18 heavy (non-hydrogen) atoms. The Labute approximate surface area is 106 Å². The SMILES string of the molecule is O=[N+]([O-])c1ccccc1NCC1(CCO)CCC1. The number of nitro groups is 1. The minimum Gasteiger partial charge on any atom is -0.396 e. The maximum atomic E-state index is 10.9. The first-order valence-corrected chi connectivity index (χ1v) is 6.25. The predicted molar refractivity (Wildman–Crippen MR) is 69.6 cm³/mol. The lowest BCUT2D eigenvalue weighted by Crippen LogP contribution is -2.37. The normalized spacial score (nSPS) is 16.9. The summed E-state index contributed by atoms with van der Waals surface area (Å²) in [5.41, 5.74) is 0.793. The maximum absolute atomic E-state index is 10.9. The number of nitro benzene ring substituents is 1. The molecular formula is C13H18N2O3. The van der Waals surface area contributed by atoms with Gasteiger partial charge < -0.3 is 10.4 Å². The van der Waals surface area contributed by atoms with E-state index >= 15 is 0 Å². The second-order valence-corrected chi connectivity index (χ2v) is 4.95.